The van der Waals surface area contributed by atoms with Gasteiger partial charge in [-0.1, -0.05) is 6.07 Å². The van der Waals surface area contributed by atoms with Crippen molar-refractivity contribution in [3.8, 4) is 5.88 Å². The molecule has 0 spiro atoms. The number of fused-ring (bicyclic) bond motifs is 1. The highest BCUT2D eigenvalue weighted by Crippen LogP contribution is 2.28. The first-order valence-electron chi connectivity index (χ1n) is 8.51. The molecule has 2 aliphatic heterocycles. The van der Waals surface area contributed by atoms with E-state index in [0.29, 0.717) is 23.8 Å². The SMILES string of the molecule is [C-]#[N+]c1cccnc1OC1=NCc2nc(N3CCC(C)(N)CC3)cnc21. The van der Waals surface area contributed by atoms with Crippen molar-refractivity contribution in [1.82, 2.24) is 15.0 Å². The maximum atomic E-state index is 7.20. The number of pyridine rings is 1. The number of nitrogens with two attached hydrogens (primary N) is 1. The zero-order valence-corrected chi connectivity index (χ0v) is 14.5. The van der Waals surface area contributed by atoms with E-state index in [1.807, 2.05) is 0 Å². The van der Waals surface area contributed by atoms with Crippen molar-refractivity contribution in [2.45, 2.75) is 31.8 Å². The molecule has 8 nitrogen and oxygen atoms in total. The first-order chi connectivity index (χ1) is 12.6. The van der Waals surface area contributed by atoms with Crippen molar-refractivity contribution < 1.29 is 4.74 Å². The van der Waals surface area contributed by atoms with Gasteiger partial charge >= 0.3 is 0 Å². The van der Waals surface area contributed by atoms with Crippen molar-refractivity contribution in [1.29, 1.82) is 0 Å². The van der Waals surface area contributed by atoms with Crippen LogP contribution in [-0.4, -0.2) is 39.5 Å². The highest BCUT2D eigenvalue weighted by atomic mass is 16.5. The molecule has 0 atom stereocenters. The van der Waals surface area contributed by atoms with E-state index in [4.69, 9.17) is 22.0 Å². The van der Waals surface area contributed by atoms with Crippen molar-refractivity contribution in [3.05, 3.63) is 47.3 Å². The predicted molar refractivity (Wildman–Crippen MR) is 97.4 cm³/mol. The van der Waals surface area contributed by atoms with E-state index in [0.717, 1.165) is 37.4 Å². The molecule has 4 heterocycles. The topological polar surface area (TPSA) is 93.9 Å². The zero-order valence-electron chi connectivity index (χ0n) is 14.5. The van der Waals surface area contributed by atoms with Gasteiger partial charge in [0.05, 0.1) is 25.0 Å². The Kier molecular flexibility index (Phi) is 4.01. The lowest BCUT2D eigenvalue weighted by Gasteiger charge is -2.37. The third-order valence-electron chi connectivity index (χ3n) is 4.70. The largest absolute Gasteiger partial charge is 0.429 e. The van der Waals surface area contributed by atoms with Crippen LogP contribution in [0.2, 0.25) is 0 Å². The van der Waals surface area contributed by atoms with Crippen molar-refractivity contribution in [3.63, 3.8) is 0 Å². The molecule has 1 saturated heterocycles. The van der Waals surface area contributed by atoms with Crippen LogP contribution in [0.15, 0.2) is 29.5 Å². The maximum Gasteiger partial charge on any atom is 0.247 e. The quantitative estimate of drug-likeness (QED) is 0.834. The van der Waals surface area contributed by atoms with Gasteiger partial charge in [0.15, 0.2) is 0 Å². The molecule has 8 heteroatoms. The molecule has 2 aliphatic rings. The summed E-state index contributed by atoms with van der Waals surface area (Å²) in [4.78, 5) is 23.3. The molecule has 0 amide bonds. The van der Waals surface area contributed by atoms with E-state index in [2.05, 4.69) is 31.6 Å². The summed E-state index contributed by atoms with van der Waals surface area (Å²) in [6.07, 6.45) is 5.18. The molecule has 0 unspecified atom stereocenters. The zero-order chi connectivity index (χ0) is 18.1. The van der Waals surface area contributed by atoms with Crippen molar-refractivity contribution in [2.24, 2.45) is 10.7 Å². The molecule has 2 aromatic heterocycles. The molecule has 0 saturated carbocycles. The molecule has 0 radical (unpaired) electrons. The Balaban J connectivity index is 1.52. The van der Waals surface area contributed by atoms with Crippen LogP contribution >= 0.6 is 0 Å². The summed E-state index contributed by atoms with van der Waals surface area (Å²) in [6.45, 7) is 11.4. The first kappa shape index (κ1) is 16.4. The Morgan fingerprint density at radius 3 is 2.88 bits per heavy atom. The highest BCUT2D eigenvalue weighted by molar-refractivity contribution is 5.97. The molecule has 0 aromatic carbocycles. The van der Waals surface area contributed by atoms with E-state index in [1.54, 1.807) is 24.5 Å². The molecule has 26 heavy (non-hydrogen) atoms. The second-order valence-corrected chi connectivity index (χ2v) is 6.83. The van der Waals surface area contributed by atoms with Gasteiger partial charge in [-0.05, 0) is 25.8 Å². The summed E-state index contributed by atoms with van der Waals surface area (Å²) in [5, 5.41) is 0. The Bertz CT molecular complexity index is 906. The monoisotopic (exact) mass is 349 g/mol. The molecule has 1 fully saturated rings. The summed E-state index contributed by atoms with van der Waals surface area (Å²) in [6, 6.07) is 3.35. The Morgan fingerprint density at radius 1 is 1.31 bits per heavy atom. The molecular formula is C18H19N7O. The van der Waals surface area contributed by atoms with Gasteiger partial charge in [0.25, 0.3) is 0 Å². The number of aliphatic imine (C=N–C) groups is 1. The van der Waals surface area contributed by atoms with Gasteiger partial charge in [-0.25, -0.2) is 24.8 Å². The average Bonchev–Trinajstić information content (AvgIpc) is 3.04. The average molecular weight is 349 g/mol. The molecule has 4 rings (SSSR count). The molecule has 132 valence electrons. The molecule has 2 aromatic rings. The molecule has 0 bridgehead atoms. The van der Waals surface area contributed by atoms with Crippen LogP contribution in [0, 0.1) is 6.57 Å². The Hall–Kier alpha value is -3.05. The smallest absolute Gasteiger partial charge is 0.247 e. The Morgan fingerprint density at radius 2 is 2.12 bits per heavy atom. The molecular weight excluding hydrogens is 330 g/mol. The normalized spacial score (nSPS) is 18.0. The lowest BCUT2D eigenvalue weighted by atomic mass is 9.91. The summed E-state index contributed by atoms with van der Waals surface area (Å²) in [5.41, 5.74) is 7.82. The van der Waals surface area contributed by atoms with Crippen molar-refractivity contribution >= 4 is 17.4 Å². The lowest BCUT2D eigenvalue weighted by molar-refractivity contribution is 0.363. The number of hydrogen-bond acceptors (Lipinski definition) is 7. The lowest BCUT2D eigenvalue weighted by Crippen LogP contribution is -2.48. The van der Waals surface area contributed by atoms with Gasteiger partial charge in [-0.15, -0.1) is 0 Å². The van der Waals surface area contributed by atoms with Crippen LogP contribution in [-0.2, 0) is 6.54 Å². The van der Waals surface area contributed by atoms with E-state index in [1.165, 1.54) is 0 Å². The predicted octanol–water partition coefficient (Wildman–Crippen LogP) is 2.08. The minimum atomic E-state index is -0.103. The number of ether oxygens (including phenoxy) is 1. The van der Waals surface area contributed by atoms with Gasteiger partial charge in [0.2, 0.25) is 17.5 Å². The number of piperidine rings is 1. The fourth-order valence-corrected chi connectivity index (χ4v) is 3.04. The second-order valence-electron chi connectivity index (χ2n) is 6.83. The number of aromatic nitrogens is 3. The number of anilines is 1. The minimum absolute atomic E-state index is 0.103. The fourth-order valence-electron chi connectivity index (χ4n) is 3.04. The number of rotatable bonds is 2. The van der Waals surface area contributed by atoms with Crippen LogP contribution < -0.4 is 15.4 Å². The van der Waals surface area contributed by atoms with Gasteiger partial charge in [-0.3, -0.25) is 0 Å². The van der Waals surface area contributed by atoms with E-state index in [9.17, 15) is 0 Å². The second kappa shape index (κ2) is 6.35. The van der Waals surface area contributed by atoms with E-state index < -0.39 is 0 Å². The van der Waals surface area contributed by atoms with Gasteiger partial charge in [0, 0.05) is 24.8 Å². The van der Waals surface area contributed by atoms with E-state index >= 15 is 0 Å². The third-order valence-corrected chi connectivity index (χ3v) is 4.70. The fraction of sp³-hybridized carbons (Fsp3) is 0.389. The van der Waals surface area contributed by atoms with Crippen LogP contribution in [0.25, 0.3) is 4.85 Å². The van der Waals surface area contributed by atoms with Gasteiger partial charge < -0.3 is 15.4 Å². The number of hydrogen-bond donors (Lipinski definition) is 1. The van der Waals surface area contributed by atoms with E-state index in [-0.39, 0.29) is 11.4 Å². The molecule has 2 N–H and O–H groups in total. The minimum Gasteiger partial charge on any atom is -0.429 e. The standard InChI is InChI=1S/C18H19N7O/c1-18(19)5-8-25(9-6-18)14-11-22-15-13(24-14)10-23-17(15)26-16-12(20-2)4-3-7-21-16/h3-4,7,11H,5-6,8-10,19H2,1H3. The summed E-state index contributed by atoms with van der Waals surface area (Å²) < 4.78 is 5.73. The Labute approximate surface area is 151 Å². The highest BCUT2D eigenvalue weighted by Gasteiger charge is 2.28. The summed E-state index contributed by atoms with van der Waals surface area (Å²) in [7, 11) is 0. The van der Waals surface area contributed by atoms with Gasteiger partial charge in [0.1, 0.15) is 11.5 Å². The summed E-state index contributed by atoms with van der Waals surface area (Å²) in [5.74, 6) is 1.43. The summed E-state index contributed by atoms with van der Waals surface area (Å²) >= 11 is 0. The van der Waals surface area contributed by atoms with Crippen LogP contribution in [0.3, 0.4) is 0 Å². The maximum absolute atomic E-state index is 7.20. The third kappa shape index (κ3) is 3.09. The number of nitrogens with zero attached hydrogens (tertiary/aromatic N) is 6. The van der Waals surface area contributed by atoms with Crippen LogP contribution in [0.5, 0.6) is 5.88 Å². The first-order valence-corrected chi connectivity index (χ1v) is 8.51. The van der Waals surface area contributed by atoms with Crippen LogP contribution in [0.1, 0.15) is 31.2 Å². The van der Waals surface area contributed by atoms with Crippen molar-refractivity contribution in [2.75, 3.05) is 18.0 Å². The van der Waals surface area contributed by atoms with Crippen LogP contribution in [0.4, 0.5) is 11.5 Å². The molecule has 0 aliphatic carbocycles. The van der Waals surface area contributed by atoms with Gasteiger partial charge in [-0.2, -0.15) is 0 Å².